The molecule has 1 N–H and O–H groups in total. The molecule has 1 aliphatic rings. The molecule has 15 heavy (non-hydrogen) atoms. The molecule has 0 heterocycles. The third-order valence-electron chi connectivity index (χ3n) is 2.55. The molecule has 1 aromatic carbocycles. The van der Waals surface area contributed by atoms with E-state index in [2.05, 4.69) is 29.0 Å². The summed E-state index contributed by atoms with van der Waals surface area (Å²) in [4.78, 5) is 0. The second kappa shape index (κ2) is 5.24. The van der Waals surface area contributed by atoms with Gasteiger partial charge in [-0.3, -0.25) is 0 Å². The van der Waals surface area contributed by atoms with Crippen molar-refractivity contribution in [2.75, 3.05) is 11.8 Å². The van der Waals surface area contributed by atoms with E-state index in [1.807, 2.05) is 6.07 Å². The Morgan fingerprint density at radius 3 is 2.80 bits per heavy atom. The van der Waals surface area contributed by atoms with Crippen LogP contribution in [0.4, 0.5) is 5.69 Å². The summed E-state index contributed by atoms with van der Waals surface area (Å²) >= 11 is 1.25. The summed E-state index contributed by atoms with van der Waals surface area (Å²) in [6.07, 6.45) is 6.13. The smallest absolute Gasteiger partial charge is 0.111 e. The van der Waals surface area contributed by atoms with Crippen LogP contribution in [0.2, 0.25) is 0 Å². The van der Waals surface area contributed by atoms with Crippen LogP contribution in [0.5, 0.6) is 0 Å². The topological polar surface area (TPSA) is 21.3 Å². The van der Waals surface area contributed by atoms with E-state index in [9.17, 15) is 0 Å². The van der Waals surface area contributed by atoms with E-state index in [0.29, 0.717) is 0 Å². The fraction of sp³-hybridized carbons (Fsp3) is 0.333. The Labute approximate surface area is 95.1 Å². The van der Waals surface area contributed by atoms with Crippen molar-refractivity contribution < 1.29 is 4.18 Å². The Bertz CT molecular complexity index is 356. The van der Waals surface area contributed by atoms with Gasteiger partial charge >= 0.3 is 0 Å². The minimum atomic E-state index is 1.11. The van der Waals surface area contributed by atoms with E-state index < -0.39 is 0 Å². The van der Waals surface area contributed by atoms with Crippen LogP contribution in [-0.4, -0.2) is 7.11 Å². The fourth-order valence-electron chi connectivity index (χ4n) is 1.55. The van der Waals surface area contributed by atoms with Gasteiger partial charge in [0.15, 0.2) is 0 Å². The molecular weight excluding hydrogens is 206 g/mol. The van der Waals surface area contributed by atoms with Crippen molar-refractivity contribution in [3.63, 3.8) is 0 Å². The van der Waals surface area contributed by atoms with Crippen molar-refractivity contribution >= 4 is 24.0 Å². The first-order valence-electron chi connectivity index (χ1n) is 5.14. The molecular formula is C12H15NOS. The zero-order chi connectivity index (χ0) is 10.5. The van der Waals surface area contributed by atoms with Crippen molar-refractivity contribution in [2.24, 2.45) is 0 Å². The first kappa shape index (κ1) is 10.6. The molecule has 0 saturated heterocycles. The molecule has 2 rings (SSSR count). The van der Waals surface area contributed by atoms with Gasteiger partial charge in [-0.1, -0.05) is 29.8 Å². The first-order valence-corrected chi connectivity index (χ1v) is 5.88. The summed E-state index contributed by atoms with van der Waals surface area (Å²) in [7, 11) is 1.66. The predicted octanol–water partition coefficient (Wildman–Crippen LogP) is 3.88. The van der Waals surface area contributed by atoms with E-state index in [-0.39, 0.29) is 0 Å². The van der Waals surface area contributed by atoms with Crippen LogP contribution in [0, 0.1) is 0 Å². The normalized spacial score (nSPS) is 14.6. The van der Waals surface area contributed by atoms with Crippen LogP contribution in [-0.2, 0) is 4.18 Å². The summed E-state index contributed by atoms with van der Waals surface area (Å²) in [5.74, 6) is 0. The molecule has 1 aliphatic carbocycles. The van der Waals surface area contributed by atoms with Gasteiger partial charge < -0.3 is 8.91 Å². The monoisotopic (exact) mass is 221 g/mol. The Balaban J connectivity index is 2.13. The zero-order valence-corrected chi connectivity index (χ0v) is 9.64. The highest BCUT2D eigenvalue weighted by molar-refractivity contribution is 7.96. The second-order valence-electron chi connectivity index (χ2n) is 3.60. The van der Waals surface area contributed by atoms with Gasteiger partial charge in [-0.05, 0) is 30.9 Å². The standard InChI is InChI=1S/C12H15NOS/c1-14-15-13-12-8-3-2-7-11(12)9-10-5-4-6-10/h2-3,7-9,13H,4-6H2,1H3. The Kier molecular flexibility index (Phi) is 3.69. The Morgan fingerprint density at radius 1 is 1.33 bits per heavy atom. The highest BCUT2D eigenvalue weighted by Gasteiger charge is 2.09. The van der Waals surface area contributed by atoms with Crippen LogP contribution in [0.15, 0.2) is 29.8 Å². The third-order valence-corrected chi connectivity index (χ3v) is 3.02. The second-order valence-corrected chi connectivity index (χ2v) is 4.30. The summed E-state index contributed by atoms with van der Waals surface area (Å²) in [6.45, 7) is 0. The van der Waals surface area contributed by atoms with Crippen LogP contribution in [0.1, 0.15) is 24.8 Å². The maximum atomic E-state index is 4.93. The molecule has 0 amide bonds. The van der Waals surface area contributed by atoms with E-state index in [4.69, 9.17) is 4.18 Å². The van der Waals surface area contributed by atoms with Gasteiger partial charge in [-0.2, -0.15) is 0 Å². The van der Waals surface area contributed by atoms with Gasteiger partial charge in [0.2, 0.25) is 0 Å². The molecule has 80 valence electrons. The molecule has 1 fully saturated rings. The summed E-state index contributed by atoms with van der Waals surface area (Å²) in [6, 6.07) is 8.29. The number of hydrogen-bond acceptors (Lipinski definition) is 3. The minimum Gasteiger partial charge on any atom is -0.306 e. The average molecular weight is 221 g/mol. The number of anilines is 1. The van der Waals surface area contributed by atoms with Gasteiger partial charge in [0, 0.05) is 0 Å². The quantitative estimate of drug-likeness (QED) is 0.616. The molecule has 3 heteroatoms. The number of allylic oxidation sites excluding steroid dienone is 1. The SMILES string of the molecule is COSNc1ccccc1C=C1CCC1. The van der Waals surface area contributed by atoms with Crippen molar-refractivity contribution in [3.05, 3.63) is 35.4 Å². The molecule has 1 saturated carbocycles. The van der Waals surface area contributed by atoms with E-state index in [0.717, 1.165) is 5.69 Å². The van der Waals surface area contributed by atoms with Gasteiger partial charge in [0.25, 0.3) is 0 Å². The molecule has 0 spiro atoms. The number of rotatable bonds is 4. The highest BCUT2D eigenvalue weighted by atomic mass is 32.2. The summed E-state index contributed by atoms with van der Waals surface area (Å²) in [5, 5.41) is 0. The van der Waals surface area contributed by atoms with Crippen molar-refractivity contribution in [3.8, 4) is 0 Å². The lowest BCUT2D eigenvalue weighted by atomic mass is 9.90. The van der Waals surface area contributed by atoms with Gasteiger partial charge in [0.1, 0.15) is 12.2 Å². The van der Waals surface area contributed by atoms with Gasteiger partial charge in [-0.25, -0.2) is 0 Å². The largest absolute Gasteiger partial charge is 0.306 e. The van der Waals surface area contributed by atoms with E-state index >= 15 is 0 Å². The minimum absolute atomic E-state index is 1.11. The molecule has 2 nitrogen and oxygen atoms in total. The van der Waals surface area contributed by atoms with E-state index in [1.165, 1.54) is 37.1 Å². The fourth-order valence-corrected chi connectivity index (χ4v) is 1.91. The molecule has 0 bridgehead atoms. The molecule has 0 aromatic heterocycles. The molecule has 0 atom stereocenters. The molecule has 0 radical (unpaired) electrons. The van der Waals surface area contributed by atoms with Crippen LogP contribution in [0.3, 0.4) is 0 Å². The van der Waals surface area contributed by atoms with Crippen LogP contribution < -0.4 is 4.72 Å². The number of benzene rings is 1. The lowest BCUT2D eigenvalue weighted by Gasteiger charge is -2.17. The first-order chi connectivity index (χ1) is 7.40. The molecule has 0 aliphatic heterocycles. The summed E-state index contributed by atoms with van der Waals surface area (Å²) in [5.41, 5.74) is 3.91. The van der Waals surface area contributed by atoms with Crippen LogP contribution >= 0.6 is 12.2 Å². The van der Waals surface area contributed by atoms with Crippen LogP contribution in [0.25, 0.3) is 6.08 Å². The van der Waals surface area contributed by atoms with E-state index in [1.54, 1.807) is 12.7 Å². The summed E-state index contributed by atoms with van der Waals surface area (Å²) < 4.78 is 8.10. The molecule has 0 unspecified atom stereocenters. The predicted molar refractivity (Wildman–Crippen MR) is 66.5 cm³/mol. The lowest BCUT2D eigenvalue weighted by molar-refractivity contribution is 0.492. The number of hydrogen-bond donors (Lipinski definition) is 1. The van der Waals surface area contributed by atoms with Crippen molar-refractivity contribution in [1.29, 1.82) is 0 Å². The number of nitrogens with one attached hydrogen (secondary N) is 1. The zero-order valence-electron chi connectivity index (χ0n) is 8.82. The van der Waals surface area contributed by atoms with Gasteiger partial charge in [0.05, 0.1) is 12.8 Å². The Morgan fingerprint density at radius 2 is 2.13 bits per heavy atom. The lowest BCUT2D eigenvalue weighted by Crippen LogP contribution is -1.97. The molecule has 1 aromatic rings. The highest BCUT2D eigenvalue weighted by Crippen LogP contribution is 2.30. The van der Waals surface area contributed by atoms with Gasteiger partial charge in [-0.15, -0.1) is 0 Å². The van der Waals surface area contributed by atoms with Crippen molar-refractivity contribution in [1.82, 2.24) is 0 Å². The Hall–Kier alpha value is -0.930. The van der Waals surface area contributed by atoms with Crippen molar-refractivity contribution in [2.45, 2.75) is 19.3 Å². The average Bonchev–Trinajstić information content (AvgIpc) is 2.22. The number of para-hydroxylation sites is 1. The maximum Gasteiger partial charge on any atom is 0.111 e. The third kappa shape index (κ3) is 2.76. The maximum absolute atomic E-state index is 4.93.